The summed E-state index contributed by atoms with van der Waals surface area (Å²) < 4.78 is 16.0. The molecule has 0 fully saturated rings. The molecule has 0 saturated carbocycles. The van der Waals surface area contributed by atoms with E-state index in [0.29, 0.717) is 4.90 Å². The van der Waals surface area contributed by atoms with E-state index in [-0.39, 0.29) is 30.2 Å². The van der Waals surface area contributed by atoms with Crippen LogP contribution in [0.5, 0.6) is 0 Å². The molecule has 8 heteroatoms. The summed E-state index contributed by atoms with van der Waals surface area (Å²) in [6, 6.07) is 15.2. The Kier molecular flexibility index (Phi) is 6.33. The maximum Gasteiger partial charge on any atom is 0.332 e. The van der Waals surface area contributed by atoms with Gasteiger partial charge in [0.1, 0.15) is 17.2 Å². The zero-order chi connectivity index (χ0) is 21.0. The van der Waals surface area contributed by atoms with Crippen molar-refractivity contribution in [3.63, 3.8) is 0 Å². The molecule has 3 rings (SSSR count). The molecule has 150 valence electrons. The lowest BCUT2D eigenvalue weighted by Gasteiger charge is -2.15. The Hall–Kier alpha value is -3.13. The summed E-state index contributed by atoms with van der Waals surface area (Å²) in [5.74, 6) is -1.34. The fraction of sp³-hybridized carbons (Fsp3) is 0.190. The van der Waals surface area contributed by atoms with Crippen LogP contribution in [-0.2, 0) is 13.1 Å². The van der Waals surface area contributed by atoms with Crippen LogP contribution in [0.2, 0.25) is 0 Å². The predicted octanol–water partition coefficient (Wildman–Crippen LogP) is 2.77. The number of nitrogens with zero attached hydrogens (tertiary/aromatic N) is 2. The molecule has 0 radical (unpaired) electrons. The first-order valence-corrected chi connectivity index (χ1v) is 10.00. The second kappa shape index (κ2) is 8.91. The number of ketones is 1. The summed E-state index contributed by atoms with van der Waals surface area (Å²) in [7, 11) is 0. The number of nitrogen functional groups attached to an aromatic ring is 1. The lowest BCUT2D eigenvalue weighted by molar-refractivity contribution is 0.102. The van der Waals surface area contributed by atoms with Crippen molar-refractivity contribution in [3.8, 4) is 0 Å². The van der Waals surface area contributed by atoms with Crippen molar-refractivity contribution >= 4 is 23.4 Å². The van der Waals surface area contributed by atoms with Crippen LogP contribution < -0.4 is 17.0 Å². The smallest absolute Gasteiger partial charge is 0.332 e. The van der Waals surface area contributed by atoms with E-state index in [4.69, 9.17) is 5.73 Å². The highest BCUT2D eigenvalue weighted by atomic mass is 32.2. The van der Waals surface area contributed by atoms with E-state index < -0.39 is 22.8 Å². The number of hydrogen-bond acceptors (Lipinski definition) is 5. The average Bonchev–Trinajstić information content (AvgIpc) is 2.72. The second-order valence-corrected chi connectivity index (χ2v) is 7.32. The van der Waals surface area contributed by atoms with Crippen molar-refractivity contribution in [1.82, 2.24) is 9.13 Å². The molecule has 0 atom stereocenters. The third-order valence-corrected chi connectivity index (χ3v) is 5.49. The van der Waals surface area contributed by atoms with E-state index in [1.807, 2.05) is 30.3 Å². The highest BCUT2D eigenvalue weighted by Gasteiger charge is 2.22. The fourth-order valence-electron chi connectivity index (χ4n) is 2.95. The van der Waals surface area contributed by atoms with Crippen LogP contribution >= 0.6 is 11.8 Å². The molecule has 0 spiro atoms. The van der Waals surface area contributed by atoms with E-state index in [1.54, 1.807) is 25.1 Å². The molecule has 6 nitrogen and oxygen atoms in total. The first-order valence-electron chi connectivity index (χ1n) is 9.01. The van der Waals surface area contributed by atoms with Gasteiger partial charge in [0.25, 0.3) is 5.56 Å². The van der Waals surface area contributed by atoms with Crippen molar-refractivity contribution in [2.24, 2.45) is 0 Å². The van der Waals surface area contributed by atoms with Gasteiger partial charge in [0, 0.05) is 11.4 Å². The van der Waals surface area contributed by atoms with E-state index >= 15 is 0 Å². The molecule has 1 aromatic heterocycles. The summed E-state index contributed by atoms with van der Waals surface area (Å²) >= 11 is 0.979. The van der Waals surface area contributed by atoms with Crippen LogP contribution in [0, 0.1) is 5.82 Å². The molecule has 0 amide bonds. The van der Waals surface area contributed by atoms with Crippen LogP contribution in [0.15, 0.2) is 69.1 Å². The molecule has 0 aliphatic carbocycles. The van der Waals surface area contributed by atoms with E-state index in [1.165, 1.54) is 10.6 Å². The number of halogens is 1. The number of aromatic nitrogens is 2. The number of anilines is 1. The topological polar surface area (TPSA) is 87.1 Å². The van der Waals surface area contributed by atoms with Gasteiger partial charge >= 0.3 is 5.69 Å². The molecule has 1 heterocycles. The van der Waals surface area contributed by atoms with Crippen molar-refractivity contribution in [1.29, 1.82) is 0 Å². The quantitative estimate of drug-likeness (QED) is 0.475. The molecule has 0 saturated heterocycles. The van der Waals surface area contributed by atoms with Crippen LogP contribution in [0.25, 0.3) is 0 Å². The fourth-order valence-corrected chi connectivity index (χ4v) is 3.76. The van der Waals surface area contributed by atoms with E-state index in [0.717, 1.165) is 21.9 Å². The van der Waals surface area contributed by atoms with Crippen LogP contribution in [0.4, 0.5) is 10.2 Å². The SMILES string of the molecule is CCn1c(=O)c(C(=O)CSc2ccccc2F)c(N)n(Cc2ccccc2)c1=O. The highest BCUT2D eigenvalue weighted by molar-refractivity contribution is 8.00. The number of benzene rings is 2. The predicted molar refractivity (Wildman–Crippen MR) is 112 cm³/mol. The number of rotatable bonds is 7. The lowest BCUT2D eigenvalue weighted by Crippen LogP contribution is -2.44. The molecule has 0 unspecified atom stereocenters. The maximum atomic E-state index is 13.8. The molecule has 0 bridgehead atoms. The lowest BCUT2D eigenvalue weighted by atomic mass is 10.2. The van der Waals surface area contributed by atoms with Crippen molar-refractivity contribution in [3.05, 3.63) is 92.4 Å². The van der Waals surface area contributed by atoms with Crippen molar-refractivity contribution in [2.75, 3.05) is 11.5 Å². The summed E-state index contributed by atoms with van der Waals surface area (Å²) in [4.78, 5) is 38.6. The third-order valence-electron chi connectivity index (χ3n) is 4.44. The zero-order valence-electron chi connectivity index (χ0n) is 15.8. The Bertz CT molecular complexity index is 1160. The molecular weight excluding hydrogens is 393 g/mol. The number of carbonyl (C=O) groups is 1. The minimum atomic E-state index is -0.724. The Balaban J connectivity index is 2.00. The molecule has 3 aromatic rings. The van der Waals surface area contributed by atoms with Crippen molar-refractivity contribution in [2.45, 2.75) is 24.9 Å². The molecule has 2 aromatic carbocycles. The maximum absolute atomic E-state index is 13.8. The first-order chi connectivity index (χ1) is 13.9. The van der Waals surface area contributed by atoms with Gasteiger partial charge in [0.15, 0.2) is 5.78 Å². The number of carbonyl (C=O) groups excluding carboxylic acids is 1. The van der Waals surface area contributed by atoms with Gasteiger partial charge in [-0.2, -0.15) is 0 Å². The van der Waals surface area contributed by atoms with Crippen LogP contribution in [0.3, 0.4) is 0 Å². The molecule has 29 heavy (non-hydrogen) atoms. The molecule has 0 aliphatic rings. The van der Waals surface area contributed by atoms with Gasteiger partial charge in [0.2, 0.25) is 0 Å². The van der Waals surface area contributed by atoms with Gasteiger partial charge in [-0.25, -0.2) is 9.18 Å². The minimum absolute atomic E-state index is 0.105. The number of hydrogen-bond donors (Lipinski definition) is 1. The van der Waals surface area contributed by atoms with Gasteiger partial charge in [-0.05, 0) is 24.6 Å². The van der Waals surface area contributed by atoms with Gasteiger partial charge in [0.05, 0.1) is 12.3 Å². The summed E-state index contributed by atoms with van der Waals surface area (Å²) in [5, 5.41) is 0. The largest absolute Gasteiger partial charge is 0.384 e. The summed E-state index contributed by atoms with van der Waals surface area (Å²) in [6.45, 7) is 1.88. The Morgan fingerprint density at radius 2 is 1.69 bits per heavy atom. The second-order valence-electron chi connectivity index (χ2n) is 6.31. The number of nitrogens with two attached hydrogens (primary N) is 1. The number of Topliss-reactive ketones (excluding diaryl/α,β-unsaturated/α-hetero) is 1. The molecule has 0 aliphatic heterocycles. The monoisotopic (exact) mass is 413 g/mol. The van der Waals surface area contributed by atoms with Crippen molar-refractivity contribution < 1.29 is 9.18 Å². The Labute approximate surface area is 170 Å². The first kappa shape index (κ1) is 20.6. The molecule has 2 N–H and O–H groups in total. The van der Waals surface area contributed by atoms with Crippen LogP contribution in [0.1, 0.15) is 22.8 Å². The normalized spacial score (nSPS) is 10.8. The van der Waals surface area contributed by atoms with Crippen LogP contribution in [-0.4, -0.2) is 20.7 Å². The van der Waals surface area contributed by atoms with Gasteiger partial charge in [-0.1, -0.05) is 42.5 Å². The average molecular weight is 413 g/mol. The third kappa shape index (κ3) is 4.32. The van der Waals surface area contributed by atoms with E-state index in [2.05, 4.69) is 0 Å². The van der Waals surface area contributed by atoms with Gasteiger partial charge < -0.3 is 5.73 Å². The van der Waals surface area contributed by atoms with E-state index in [9.17, 15) is 18.8 Å². The summed E-state index contributed by atoms with van der Waals surface area (Å²) in [6.07, 6.45) is 0. The molecular formula is C21H20FN3O3S. The summed E-state index contributed by atoms with van der Waals surface area (Å²) in [5.41, 5.74) is 5.37. The Morgan fingerprint density at radius 1 is 1.03 bits per heavy atom. The Morgan fingerprint density at radius 3 is 2.34 bits per heavy atom. The van der Waals surface area contributed by atoms with Gasteiger partial charge in [-0.3, -0.25) is 18.7 Å². The van der Waals surface area contributed by atoms with Gasteiger partial charge in [-0.15, -0.1) is 11.8 Å². The standard InChI is InChI=1S/C21H20FN3O3S/c1-2-24-20(27)18(16(26)13-29-17-11-7-6-10-15(17)22)19(23)25(21(24)28)12-14-8-4-3-5-9-14/h3-11H,2,12-13,23H2,1H3. The number of thioether (sulfide) groups is 1. The highest BCUT2D eigenvalue weighted by Crippen LogP contribution is 2.22. The zero-order valence-corrected chi connectivity index (χ0v) is 16.6. The minimum Gasteiger partial charge on any atom is -0.384 e.